The predicted molar refractivity (Wildman–Crippen MR) is 66.5 cm³/mol. The highest BCUT2D eigenvalue weighted by Gasteiger charge is 2.53. The molecule has 2 heterocycles. The second-order valence-corrected chi connectivity index (χ2v) is 5.19. The van der Waals surface area contributed by atoms with Crippen LogP contribution in [0.1, 0.15) is 13.2 Å². The third-order valence-electron chi connectivity index (χ3n) is 3.02. The van der Waals surface area contributed by atoms with Crippen molar-refractivity contribution in [3.8, 4) is 0 Å². The van der Waals surface area contributed by atoms with Crippen LogP contribution in [0.25, 0.3) is 0 Å². The number of nitrogens with zero attached hydrogens (tertiary/aromatic N) is 1. The van der Waals surface area contributed by atoms with Crippen LogP contribution < -0.4 is 11.2 Å². The Morgan fingerprint density at radius 3 is 2.76 bits per heavy atom. The minimum absolute atomic E-state index is 0.664. The lowest BCUT2D eigenvalue weighted by Crippen LogP contribution is -2.37. The van der Waals surface area contributed by atoms with Crippen LogP contribution in [0, 0.1) is 0 Å². The van der Waals surface area contributed by atoms with Crippen molar-refractivity contribution < 1.29 is 28.2 Å². The summed E-state index contributed by atoms with van der Waals surface area (Å²) in [5, 5.41) is 9.54. The van der Waals surface area contributed by atoms with Gasteiger partial charge in [0, 0.05) is 16.8 Å². The monoisotopic (exact) mass is 323 g/mol. The minimum Gasteiger partial charge on any atom is -0.391 e. The molecule has 11 heteroatoms. The molecule has 116 valence electrons. The number of ether oxygens (including phenoxy) is 1. The second kappa shape index (κ2) is 6.12. The van der Waals surface area contributed by atoms with Crippen LogP contribution in [0.5, 0.6) is 0 Å². The van der Waals surface area contributed by atoms with Gasteiger partial charge in [0.2, 0.25) is 0 Å². The fourth-order valence-corrected chi connectivity index (χ4v) is 2.56. The van der Waals surface area contributed by atoms with E-state index in [9.17, 15) is 23.7 Å². The number of halogens is 1. The quantitative estimate of drug-likeness (QED) is 0.617. The molecule has 0 radical (unpaired) electrons. The molecule has 9 nitrogen and oxygen atoms in total. The van der Waals surface area contributed by atoms with Gasteiger partial charge in [-0.25, -0.2) is 9.18 Å². The number of aromatic nitrogens is 2. The third kappa shape index (κ3) is 3.25. The van der Waals surface area contributed by atoms with Gasteiger partial charge >= 0.3 is 13.9 Å². The summed E-state index contributed by atoms with van der Waals surface area (Å²) in [4.78, 5) is 33.3. The average molecular weight is 323 g/mol. The van der Waals surface area contributed by atoms with Crippen LogP contribution >= 0.6 is 8.25 Å². The van der Waals surface area contributed by atoms with E-state index in [1.54, 1.807) is 0 Å². The van der Waals surface area contributed by atoms with Gasteiger partial charge in [-0.1, -0.05) is 0 Å². The van der Waals surface area contributed by atoms with Crippen LogP contribution in [-0.2, 0) is 13.8 Å². The molecular formula is C10H13FN2O7P+. The van der Waals surface area contributed by atoms with Crippen LogP contribution in [0.4, 0.5) is 4.39 Å². The van der Waals surface area contributed by atoms with Crippen molar-refractivity contribution in [1.82, 2.24) is 9.55 Å². The van der Waals surface area contributed by atoms with E-state index in [1.165, 1.54) is 6.92 Å². The molecule has 0 amide bonds. The molecule has 0 aromatic carbocycles. The molecule has 0 saturated carbocycles. The Morgan fingerprint density at radius 1 is 1.57 bits per heavy atom. The highest BCUT2D eigenvalue weighted by atomic mass is 31.1. The first-order valence-electron chi connectivity index (χ1n) is 5.93. The third-order valence-corrected chi connectivity index (χ3v) is 3.44. The average Bonchev–Trinajstić information content (AvgIpc) is 2.67. The van der Waals surface area contributed by atoms with E-state index < -0.39 is 50.2 Å². The maximum absolute atomic E-state index is 14.3. The van der Waals surface area contributed by atoms with E-state index >= 15 is 0 Å². The van der Waals surface area contributed by atoms with Crippen LogP contribution in [0.2, 0.25) is 0 Å². The first kappa shape index (κ1) is 15.9. The molecule has 1 aliphatic heterocycles. The Bertz CT molecular complexity index is 645. The lowest BCUT2D eigenvalue weighted by molar-refractivity contribution is -0.0756. The van der Waals surface area contributed by atoms with Gasteiger partial charge < -0.3 is 9.84 Å². The summed E-state index contributed by atoms with van der Waals surface area (Å²) in [6.07, 6.45) is -6.42. The number of H-pyrrole nitrogens is 1. The van der Waals surface area contributed by atoms with E-state index in [0.717, 1.165) is 16.8 Å². The summed E-state index contributed by atoms with van der Waals surface area (Å²) >= 11 is 0. The lowest BCUT2D eigenvalue weighted by Gasteiger charge is -2.17. The molecule has 0 bridgehead atoms. The molecule has 1 aromatic rings. The Balaban J connectivity index is 2.35. The van der Waals surface area contributed by atoms with Gasteiger partial charge in [-0.2, -0.15) is 0 Å². The fourth-order valence-electron chi connectivity index (χ4n) is 2.11. The molecule has 1 saturated heterocycles. The highest BCUT2D eigenvalue weighted by Crippen LogP contribution is 2.38. The maximum atomic E-state index is 14.3. The van der Waals surface area contributed by atoms with Gasteiger partial charge in [-0.3, -0.25) is 14.3 Å². The van der Waals surface area contributed by atoms with Gasteiger partial charge in [0.25, 0.3) is 5.56 Å². The summed E-state index contributed by atoms with van der Waals surface area (Å²) in [6.45, 7) is 1.29. The van der Waals surface area contributed by atoms with Gasteiger partial charge in [-0.15, -0.1) is 9.42 Å². The molecule has 2 rings (SSSR count). The van der Waals surface area contributed by atoms with E-state index in [-0.39, 0.29) is 0 Å². The molecule has 21 heavy (non-hydrogen) atoms. The van der Waals surface area contributed by atoms with E-state index in [1.807, 2.05) is 4.98 Å². The zero-order valence-electron chi connectivity index (χ0n) is 10.7. The first-order valence-corrected chi connectivity index (χ1v) is 7.06. The molecule has 3 N–H and O–H groups in total. The predicted octanol–water partition coefficient (Wildman–Crippen LogP) is -0.812. The Labute approximate surface area is 117 Å². The van der Waals surface area contributed by atoms with E-state index in [2.05, 4.69) is 4.52 Å². The number of alkyl halides is 1. The molecule has 0 spiro atoms. The molecule has 1 aromatic heterocycles. The number of rotatable bonds is 4. The minimum atomic E-state index is -3.12. The number of aliphatic hydroxyl groups excluding tert-OH is 1. The SMILES string of the molecule is C[C@@H](O)[C@H]1O[C@@H](n2ccc(=O)[nH]c2=O)[C@@H](F)C1O[P+](=O)O. The molecule has 1 aliphatic rings. The number of aromatic amines is 1. The van der Waals surface area contributed by atoms with Gasteiger partial charge in [0.05, 0.1) is 6.10 Å². The largest absolute Gasteiger partial charge is 0.695 e. The smallest absolute Gasteiger partial charge is 0.391 e. The summed E-state index contributed by atoms with van der Waals surface area (Å²) in [6, 6.07) is 0.996. The molecule has 1 fully saturated rings. The zero-order valence-corrected chi connectivity index (χ0v) is 11.6. The van der Waals surface area contributed by atoms with E-state index in [4.69, 9.17) is 9.63 Å². The molecule has 6 atom stereocenters. The summed E-state index contributed by atoms with van der Waals surface area (Å²) in [5.41, 5.74) is -1.57. The van der Waals surface area contributed by atoms with Crippen LogP contribution in [-0.4, -0.2) is 44.0 Å². The molecule has 0 aliphatic carbocycles. The van der Waals surface area contributed by atoms with Crippen molar-refractivity contribution in [1.29, 1.82) is 0 Å². The van der Waals surface area contributed by atoms with Crippen molar-refractivity contribution in [2.75, 3.05) is 0 Å². The van der Waals surface area contributed by atoms with Crippen LogP contribution in [0.3, 0.4) is 0 Å². The van der Waals surface area contributed by atoms with Crippen molar-refractivity contribution >= 4 is 8.25 Å². The number of hydrogen-bond donors (Lipinski definition) is 3. The Hall–Kier alpha value is -1.45. The van der Waals surface area contributed by atoms with Crippen molar-refractivity contribution in [3.63, 3.8) is 0 Å². The molecule has 2 unspecified atom stereocenters. The Morgan fingerprint density at radius 2 is 2.24 bits per heavy atom. The normalized spacial score (nSPS) is 31.1. The topological polar surface area (TPSA) is 131 Å². The van der Waals surface area contributed by atoms with Crippen molar-refractivity contribution in [2.45, 2.75) is 37.6 Å². The van der Waals surface area contributed by atoms with Gasteiger partial charge in [-0.05, 0) is 6.92 Å². The first-order chi connectivity index (χ1) is 9.81. The maximum Gasteiger partial charge on any atom is 0.695 e. The summed E-state index contributed by atoms with van der Waals surface area (Å²) < 4.78 is 35.6. The Kier molecular flexibility index (Phi) is 4.64. The number of aliphatic hydroxyl groups is 1. The summed E-state index contributed by atoms with van der Waals surface area (Å²) in [5.74, 6) is 0. The standard InChI is InChI=1S/C10H12FN2O7P/c1-4(14)7-8(20-21(17)18)6(11)9(19-7)13-3-2-5(15)12-10(13)16/h2-4,6-9,14H,1H3,(H-,12,15,16,17,18)/p+1/t4-,6+,7-,8?,9-/m1/s1. The summed E-state index contributed by atoms with van der Waals surface area (Å²) in [7, 11) is -3.12. The zero-order chi connectivity index (χ0) is 15.7. The fraction of sp³-hybridized carbons (Fsp3) is 0.600. The van der Waals surface area contributed by atoms with Crippen molar-refractivity contribution in [2.24, 2.45) is 0 Å². The number of nitrogens with one attached hydrogen (secondary N) is 1. The van der Waals surface area contributed by atoms with Crippen molar-refractivity contribution in [3.05, 3.63) is 33.1 Å². The highest BCUT2D eigenvalue weighted by molar-refractivity contribution is 7.32. The van der Waals surface area contributed by atoms with Gasteiger partial charge in [0.15, 0.2) is 18.5 Å². The molecular weight excluding hydrogens is 310 g/mol. The number of hydrogen-bond acceptors (Lipinski definition) is 6. The lowest BCUT2D eigenvalue weighted by atomic mass is 10.1. The van der Waals surface area contributed by atoms with Gasteiger partial charge in [0.1, 0.15) is 6.10 Å². The van der Waals surface area contributed by atoms with E-state index in [0.29, 0.717) is 0 Å². The second-order valence-electron chi connectivity index (χ2n) is 4.50. The van der Waals surface area contributed by atoms with Crippen LogP contribution in [0.15, 0.2) is 21.9 Å².